The number of ketones is 1. The number of halogens is 1. The maximum Gasteiger partial charge on any atom is 0.186 e. The molecule has 1 aromatic heterocycles. The summed E-state index contributed by atoms with van der Waals surface area (Å²) in [6.07, 6.45) is 0. The molecular weight excluding hydrogens is 394 g/mol. The molecule has 0 aliphatic heterocycles. The highest BCUT2D eigenvalue weighted by Crippen LogP contribution is 2.30. The van der Waals surface area contributed by atoms with Gasteiger partial charge in [-0.15, -0.1) is 11.3 Å². The highest BCUT2D eigenvalue weighted by Gasteiger charge is 2.12. The lowest BCUT2D eigenvalue weighted by Crippen LogP contribution is -2.07. The predicted octanol–water partition coefficient (Wildman–Crippen LogP) is 5.17. The number of carbonyl (C=O) groups excluding carboxylic acids is 1. The number of nitrogens with one attached hydrogen (secondary N) is 1. The lowest BCUT2D eigenvalue weighted by Gasteiger charge is -2.03. The lowest BCUT2D eigenvalue weighted by atomic mass is 10.3. The van der Waals surface area contributed by atoms with Crippen LogP contribution in [0.3, 0.4) is 0 Å². The van der Waals surface area contributed by atoms with Crippen molar-refractivity contribution in [1.29, 1.82) is 0 Å². The van der Waals surface area contributed by atoms with Gasteiger partial charge < -0.3 is 0 Å². The van der Waals surface area contributed by atoms with E-state index in [1.165, 1.54) is 18.7 Å². The van der Waals surface area contributed by atoms with Crippen LogP contribution in [-0.2, 0) is 4.79 Å². The molecule has 0 unspecified atom stereocenters. The van der Waals surface area contributed by atoms with Crippen molar-refractivity contribution in [3.05, 3.63) is 53.0 Å². The first-order chi connectivity index (χ1) is 11.1. The fraction of sp³-hybridized carbons (Fsp3) is 0.0625. The Balaban J connectivity index is 1.79. The molecule has 0 aliphatic carbocycles. The fourth-order valence-corrected chi connectivity index (χ4v) is 3.97. The minimum atomic E-state index is -0.0983. The molecule has 1 heterocycles. The van der Waals surface area contributed by atoms with E-state index in [2.05, 4.69) is 31.4 Å². The first-order valence-electron chi connectivity index (χ1n) is 6.75. The summed E-state index contributed by atoms with van der Waals surface area (Å²) in [5.74, 6) is -0.0983. The summed E-state index contributed by atoms with van der Waals surface area (Å²) in [6.45, 7) is 1.50. The second kappa shape index (κ2) is 7.25. The summed E-state index contributed by atoms with van der Waals surface area (Å²) in [5.41, 5.74) is 4.66. The van der Waals surface area contributed by atoms with Crippen molar-refractivity contribution in [3.8, 4) is 0 Å². The first kappa shape index (κ1) is 16.2. The number of anilines is 1. The molecule has 0 aliphatic rings. The van der Waals surface area contributed by atoms with Gasteiger partial charge in [0, 0.05) is 11.4 Å². The van der Waals surface area contributed by atoms with Crippen LogP contribution in [0.4, 0.5) is 5.69 Å². The first-order valence-corrected chi connectivity index (χ1v) is 9.18. The maximum absolute atomic E-state index is 11.8. The van der Waals surface area contributed by atoms with Crippen LogP contribution >= 0.6 is 39.0 Å². The number of benzene rings is 2. The van der Waals surface area contributed by atoms with Crippen LogP contribution < -0.4 is 5.43 Å². The van der Waals surface area contributed by atoms with Gasteiger partial charge >= 0.3 is 0 Å². The molecule has 7 heteroatoms. The van der Waals surface area contributed by atoms with Crippen LogP contribution in [-0.4, -0.2) is 15.8 Å². The van der Waals surface area contributed by atoms with Crippen molar-refractivity contribution in [1.82, 2.24) is 4.98 Å². The number of nitrogens with zero attached hydrogens (tertiary/aromatic N) is 2. The van der Waals surface area contributed by atoms with Gasteiger partial charge in [-0.25, -0.2) is 4.98 Å². The van der Waals surface area contributed by atoms with Gasteiger partial charge in [-0.05, 0) is 48.2 Å². The van der Waals surface area contributed by atoms with Crippen molar-refractivity contribution >= 4 is 65.8 Å². The van der Waals surface area contributed by atoms with Crippen LogP contribution in [0.2, 0.25) is 0 Å². The zero-order valence-corrected chi connectivity index (χ0v) is 15.3. The summed E-state index contributed by atoms with van der Waals surface area (Å²) in [6, 6.07) is 15.5. The summed E-state index contributed by atoms with van der Waals surface area (Å²) < 4.78 is 2.89. The third-order valence-electron chi connectivity index (χ3n) is 2.89. The Bertz CT molecular complexity index is 841. The van der Waals surface area contributed by atoms with Crippen LogP contribution in [0, 0.1) is 0 Å². The van der Waals surface area contributed by atoms with E-state index in [1.54, 1.807) is 11.3 Å². The predicted molar refractivity (Wildman–Crippen MR) is 101 cm³/mol. The highest BCUT2D eigenvalue weighted by molar-refractivity contribution is 9.10. The third-order valence-corrected chi connectivity index (χ3v) is 5.59. The van der Waals surface area contributed by atoms with Gasteiger partial charge in [-0.1, -0.05) is 28.1 Å². The van der Waals surface area contributed by atoms with Crippen LogP contribution in [0.15, 0.2) is 62.4 Å². The molecule has 3 aromatic rings. The summed E-state index contributed by atoms with van der Waals surface area (Å²) in [4.78, 5) is 16.3. The molecule has 3 rings (SSSR count). The number of aromatic nitrogens is 1. The second-order valence-corrected chi connectivity index (χ2v) is 7.82. The number of hydrogen-bond acceptors (Lipinski definition) is 6. The van der Waals surface area contributed by atoms with Crippen LogP contribution in [0.25, 0.3) is 10.2 Å². The minimum Gasteiger partial charge on any atom is -0.292 e. The number of thiazole rings is 1. The summed E-state index contributed by atoms with van der Waals surface area (Å²) in [5, 5.41) is 4.60. The average molecular weight is 406 g/mol. The molecule has 0 fully saturated rings. The van der Waals surface area contributed by atoms with E-state index in [-0.39, 0.29) is 5.78 Å². The van der Waals surface area contributed by atoms with Gasteiger partial charge in [-0.2, -0.15) is 5.10 Å². The molecular formula is C16H12BrN3OS2. The van der Waals surface area contributed by atoms with E-state index >= 15 is 0 Å². The van der Waals surface area contributed by atoms with Crippen molar-refractivity contribution < 1.29 is 4.79 Å². The molecule has 0 bridgehead atoms. The quantitative estimate of drug-likeness (QED) is 0.281. The smallest absolute Gasteiger partial charge is 0.186 e. The molecule has 2 aromatic carbocycles. The standard InChI is InChI=1S/C16H12BrN3OS2/c1-10(21)15(20-19-12-8-6-11(17)7-9-12)23-16-18-13-4-2-3-5-14(13)22-16/h2-9,19H,1H3/b20-15-. The zero-order valence-electron chi connectivity index (χ0n) is 12.1. The number of hydrogen-bond donors (Lipinski definition) is 1. The van der Waals surface area contributed by atoms with E-state index in [0.29, 0.717) is 5.04 Å². The molecule has 4 nitrogen and oxygen atoms in total. The normalized spacial score (nSPS) is 11.7. The number of hydrazone groups is 1. The Labute approximate surface area is 150 Å². The van der Waals surface area contributed by atoms with Gasteiger partial charge in [0.25, 0.3) is 0 Å². The van der Waals surface area contributed by atoms with Crippen molar-refractivity contribution in [2.45, 2.75) is 11.3 Å². The third kappa shape index (κ3) is 4.19. The molecule has 0 atom stereocenters. The Kier molecular flexibility index (Phi) is 5.09. The Morgan fingerprint density at radius 2 is 1.96 bits per heavy atom. The van der Waals surface area contributed by atoms with Gasteiger partial charge in [0.15, 0.2) is 15.2 Å². The topological polar surface area (TPSA) is 54.4 Å². The molecule has 1 N–H and O–H groups in total. The second-order valence-electron chi connectivity index (χ2n) is 4.64. The Morgan fingerprint density at radius 1 is 1.22 bits per heavy atom. The van der Waals surface area contributed by atoms with Gasteiger partial charge in [0.05, 0.1) is 15.9 Å². The van der Waals surface area contributed by atoms with Crippen molar-refractivity contribution in [3.63, 3.8) is 0 Å². The van der Waals surface area contributed by atoms with E-state index in [1.807, 2.05) is 48.5 Å². The van der Waals surface area contributed by atoms with E-state index < -0.39 is 0 Å². The average Bonchev–Trinajstić information content (AvgIpc) is 2.95. The zero-order chi connectivity index (χ0) is 16.2. The molecule has 0 spiro atoms. The summed E-state index contributed by atoms with van der Waals surface area (Å²) >= 11 is 6.21. The Morgan fingerprint density at radius 3 is 2.65 bits per heavy atom. The molecule has 23 heavy (non-hydrogen) atoms. The maximum atomic E-state index is 11.8. The summed E-state index contributed by atoms with van der Waals surface area (Å²) in [7, 11) is 0. The molecule has 116 valence electrons. The largest absolute Gasteiger partial charge is 0.292 e. The minimum absolute atomic E-state index is 0.0983. The van der Waals surface area contributed by atoms with Gasteiger partial charge in [-0.3, -0.25) is 10.2 Å². The number of para-hydroxylation sites is 1. The molecule has 0 saturated heterocycles. The Hall–Kier alpha value is -1.70. The van der Waals surface area contributed by atoms with Gasteiger partial charge in [0.2, 0.25) is 0 Å². The molecule has 0 amide bonds. The number of thioether (sulfide) groups is 1. The monoisotopic (exact) mass is 405 g/mol. The van der Waals surface area contributed by atoms with E-state index in [4.69, 9.17) is 0 Å². The number of fused-ring (bicyclic) bond motifs is 1. The van der Waals surface area contributed by atoms with Crippen LogP contribution in [0.5, 0.6) is 0 Å². The SMILES string of the molecule is CC(=O)/C(=N/Nc1ccc(Br)cc1)Sc1nc2ccccc2s1. The molecule has 0 radical (unpaired) electrons. The fourth-order valence-electron chi connectivity index (χ4n) is 1.79. The highest BCUT2D eigenvalue weighted by atomic mass is 79.9. The van der Waals surface area contributed by atoms with Crippen molar-refractivity contribution in [2.75, 3.05) is 5.43 Å². The number of rotatable bonds is 4. The van der Waals surface area contributed by atoms with E-state index in [0.717, 1.165) is 24.7 Å². The van der Waals surface area contributed by atoms with Gasteiger partial charge in [0.1, 0.15) is 0 Å². The van der Waals surface area contributed by atoms with Crippen LogP contribution in [0.1, 0.15) is 6.92 Å². The lowest BCUT2D eigenvalue weighted by molar-refractivity contribution is -0.110. The van der Waals surface area contributed by atoms with E-state index in [9.17, 15) is 4.79 Å². The number of Topliss-reactive ketones (excluding diaryl/α,β-unsaturated/α-hetero) is 1. The van der Waals surface area contributed by atoms with Crippen molar-refractivity contribution in [2.24, 2.45) is 5.10 Å². The molecule has 0 saturated carbocycles. The number of carbonyl (C=O) groups is 1.